The summed E-state index contributed by atoms with van der Waals surface area (Å²) >= 11 is 1.17. The number of rotatable bonds is 6. The third-order valence-electron chi connectivity index (χ3n) is 1.47. The first-order chi connectivity index (χ1) is 7.63. The molecule has 1 aromatic heterocycles. The largest absolute Gasteiger partial charge is 0.481 e. The summed E-state index contributed by atoms with van der Waals surface area (Å²) in [5.74, 6) is -0.999. The van der Waals surface area contributed by atoms with Gasteiger partial charge in [0.15, 0.2) is 17.1 Å². The lowest BCUT2D eigenvalue weighted by Gasteiger charge is -1.96. The van der Waals surface area contributed by atoms with E-state index in [1.165, 1.54) is 11.3 Å². The Morgan fingerprint density at radius 1 is 1.75 bits per heavy atom. The third-order valence-corrected chi connectivity index (χ3v) is 2.14. The van der Waals surface area contributed by atoms with Gasteiger partial charge in [-0.05, 0) is 0 Å². The maximum atomic E-state index is 10.6. The van der Waals surface area contributed by atoms with Crippen LogP contribution in [0.5, 0.6) is 0 Å². The van der Waals surface area contributed by atoms with Crippen LogP contribution in [0.4, 0.5) is 5.13 Å². The monoisotopic (exact) mass is 243 g/mol. The molecule has 0 fully saturated rings. The van der Waals surface area contributed by atoms with Gasteiger partial charge in [-0.15, -0.1) is 11.3 Å². The van der Waals surface area contributed by atoms with E-state index in [2.05, 4.69) is 15.0 Å². The quantitative estimate of drug-likeness (QED) is 0.317. The first-order valence-electron chi connectivity index (χ1n) is 4.21. The van der Waals surface area contributed by atoms with Gasteiger partial charge in [-0.25, -0.2) is 4.98 Å². The van der Waals surface area contributed by atoms with Crippen LogP contribution in [0.2, 0.25) is 0 Å². The molecule has 0 saturated carbocycles. The maximum absolute atomic E-state index is 10.6. The molecule has 0 atom stereocenters. The van der Waals surface area contributed by atoms with Crippen LogP contribution >= 0.6 is 11.3 Å². The standard InChI is InChI=1S/C8H9N3O4S/c9-8-10-6(4-16-8)5(3-12)11-15-2-1-7(13)14/h3-4H,1-2H2,(H2,9,10)(H,13,14). The van der Waals surface area contributed by atoms with Crippen LogP contribution in [0.15, 0.2) is 10.5 Å². The summed E-state index contributed by atoms with van der Waals surface area (Å²) in [7, 11) is 0. The minimum atomic E-state index is -0.999. The molecule has 1 aromatic rings. The fourth-order valence-electron chi connectivity index (χ4n) is 0.782. The number of nitrogens with zero attached hydrogens (tertiary/aromatic N) is 2. The zero-order valence-electron chi connectivity index (χ0n) is 8.12. The van der Waals surface area contributed by atoms with Crippen molar-refractivity contribution in [3.8, 4) is 0 Å². The van der Waals surface area contributed by atoms with Crippen molar-refractivity contribution in [3.63, 3.8) is 0 Å². The zero-order valence-corrected chi connectivity index (χ0v) is 8.94. The Morgan fingerprint density at radius 2 is 2.50 bits per heavy atom. The van der Waals surface area contributed by atoms with Crippen LogP contribution in [-0.2, 0) is 14.4 Å². The van der Waals surface area contributed by atoms with Crippen molar-refractivity contribution in [3.05, 3.63) is 11.1 Å². The molecule has 0 aromatic carbocycles. The van der Waals surface area contributed by atoms with Gasteiger partial charge in [-0.2, -0.15) is 0 Å². The topological polar surface area (TPSA) is 115 Å². The van der Waals surface area contributed by atoms with Crippen LogP contribution in [0.3, 0.4) is 0 Å². The molecule has 0 spiro atoms. The average molecular weight is 243 g/mol. The number of aldehydes is 1. The molecule has 0 aliphatic rings. The second kappa shape index (κ2) is 5.81. The summed E-state index contributed by atoms with van der Waals surface area (Å²) in [5, 5.41) is 13.7. The third kappa shape index (κ3) is 3.65. The van der Waals surface area contributed by atoms with Crippen molar-refractivity contribution in [1.29, 1.82) is 0 Å². The first kappa shape index (κ1) is 12.1. The van der Waals surface area contributed by atoms with E-state index >= 15 is 0 Å². The Kier molecular flexibility index (Phi) is 4.40. The Bertz CT molecular complexity index is 415. The molecular weight excluding hydrogens is 234 g/mol. The highest BCUT2D eigenvalue weighted by molar-refractivity contribution is 7.13. The smallest absolute Gasteiger partial charge is 0.306 e. The number of aromatic nitrogens is 1. The van der Waals surface area contributed by atoms with E-state index in [1.54, 1.807) is 5.38 Å². The molecular formula is C8H9N3O4S. The summed E-state index contributed by atoms with van der Waals surface area (Å²) in [4.78, 5) is 29.3. The predicted octanol–water partition coefficient (Wildman–Crippen LogP) is 0.120. The van der Waals surface area contributed by atoms with E-state index in [0.29, 0.717) is 17.1 Å². The number of oxime groups is 1. The van der Waals surface area contributed by atoms with Gasteiger partial charge in [0.05, 0.1) is 6.42 Å². The highest BCUT2D eigenvalue weighted by Crippen LogP contribution is 2.11. The number of anilines is 1. The number of aliphatic carboxylic acids is 1. The Labute approximate surface area is 94.5 Å². The van der Waals surface area contributed by atoms with E-state index in [9.17, 15) is 9.59 Å². The number of carbonyl (C=O) groups excluding carboxylic acids is 1. The van der Waals surface area contributed by atoms with E-state index < -0.39 is 5.97 Å². The van der Waals surface area contributed by atoms with Crippen molar-refractivity contribution in [2.24, 2.45) is 5.16 Å². The average Bonchev–Trinajstić information content (AvgIpc) is 2.64. The number of nitrogen functional groups attached to an aromatic ring is 1. The van der Waals surface area contributed by atoms with Gasteiger partial charge >= 0.3 is 5.97 Å². The van der Waals surface area contributed by atoms with Crippen molar-refractivity contribution in [2.75, 3.05) is 12.3 Å². The number of carboxylic acids is 1. The highest BCUT2D eigenvalue weighted by atomic mass is 32.1. The normalized spacial score (nSPS) is 11.1. The SMILES string of the molecule is Nc1nc(C(C=O)=NOCCC(=O)O)cs1. The molecule has 0 radical (unpaired) electrons. The maximum Gasteiger partial charge on any atom is 0.306 e. The molecule has 0 amide bonds. The second-order valence-corrected chi connectivity index (χ2v) is 3.53. The summed E-state index contributed by atoms with van der Waals surface area (Å²) in [6.45, 7) is -0.105. The Morgan fingerprint density at radius 3 is 3.00 bits per heavy atom. The minimum absolute atomic E-state index is 0.0154. The lowest BCUT2D eigenvalue weighted by Crippen LogP contribution is -2.06. The minimum Gasteiger partial charge on any atom is -0.481 e. The second-order valence-electron chi connectivity index (χ2n) is 2.64. The number of carbonyl (C=O) groups is 2. The fourth-order valence-corrected chi connectivity index (χ4v) is 1.34. The van der Waals surface area contributed by atoms with Crippen LogP contribution in [0.1, 0.15) is 12.1 Å². The van der Waals surface area contributed by atoms with Gasteiger partial charge in [0.2, 0.25) is 0 Å². The molecule has 0 unspecified atom stereocenters. The van der Waals surface area contributed by atoms with Gasteiger partial charge in [-0.1, -0.05) is 5.16 Å². The van der Waals surface area contributed by atoms with Crippen LogP contribution < -0.4 is 5.73 Å². The Hall–Kier alpha value is -1.96. The van der Waals surface area contributed by atoms with E-state index in [1.807, 2.05) is 0 Å². The molecule has 0 saturated heterocycles. The van der Waals surface area contributed by atoms with Crippen LogP contribution in [0, 0.1) is 0 Å². The van der Waals surface area contributed by atoms with Crippen molar-refractivity contribution < 1.29 is 19.5 Å². The van der Waals surface area contributed by atoms with Crippen molar-refractivity contribution in [2.45, 2.75) is 6.42 Å². The summed E-state index contributed by atoms with van der Waals surface area (Å²) in [6.07, 6.45) is 0.282. The van der Waals surface area contributed by atoms with Crippen LogP contribution in [-0.4, -0.2) is 34.7 Å². The number of carboxylic acid groups (broad SMARTS) is 1. The zero-order chi connectivity index (χ0) is 12.0. The molecule has 1 rings (SSSR count). The van der Waals surface area contributed by atoms with E-state index in [0.717, 1.165) is 0 Å². The van der Waals surface area contributed by atoms with E-state index in [4.69, 9.17) is 10.8 Å². The predicted molar refractivity (Wildman–Crippen MR) is 57.3 cm³/mol. The number of thiazole rings is 1. The van der Waals surface area contributed by atoms with Gasteiger partial charge in [0, 0.05) is 5.38 Å². The molecule has 3 N–H and O–H groups in total. The van der Waals surface area contributed by atoms with E-state index in [-0.39, 0.29) is 18.7 Å². The fraction of sp³-hybridized carbons (Fsp3) is 0.250. The molecule has 7 nitrogen and oxygen atoms in total. The molecule has 8 heteroatoms. The van der Waals surface area contributed by atoms with Gasteiger partial charge in [-0.3, -0.25) is 9.59 Å². The van der Waals surface area contributed by atoms with Gasteiger partial charge in [0.1, 0.15) is 12.3 Å². The molecule has 1 heterocycles. The highest BCUT2D eigenvalue weighted by Gasteiger charge is 2.07. The number of hydrogen-bond acceptors (Lipinski definition) is 7. The number of nitrogens with two attached hydrogens (primary N) is 1. The molecule has 0 bridgehead atoms. The van der Waals surface area contributed by atoms with Gasteiger partial charge < -0.3 is 15.7 Å². The van der Waals surface area contributed by atoms with Crippen molar-refractivity contribution in [1.82, 2.24) is 4.98 Å². The van der Waals surface area contributed by atoms with Crippen LogP contribution in [0.25, 0.3) is 0 Å². The molecule has 0 aliphatic carbocycles. The molecule has 0 aliphatic heterocycles. The molecule has 16 heavy (non-hydrogen) atoms. The van der Waals surface area contributed by atoms with Crippen molar-refractivity contribution >= 4 is 34.4 Å². The summed E-state index contributed by atoms with van der Waals surface area (Å²) < 4.78 is 0. The Balaban J connectivity index is 2.57. The summed E-state index contributed by atoms with van der Waals surface area (Å²) in [5.41, 5.74) is 5.68. The number of hydrogen-bond donors (Lipinski definition) is 2. The lowest BCUT2D eigenvalue weighted by atomic mass is 10.3. The van der Waals surface area contributed by atoms with Gasteiger partial charge in [0.25, 0.3) is 0 Å². The lowest BCUT2D eigenvalue weighted by molar-refractivity contribution is -0.138. The first-order valence-corrected chi connectivity index (χ1v) is 5.09. The molecule has 86 valence electrons. The summed E-state index contributed by atoms with van der Waals surface area (Å²) in [6, 6.07) is 0.